The third-order valence-electron chi connectivity index (χ3n) is 8.08. The predicted molar refractivity (Wildman–Crippen MR) is 126 cm³/mol. The number of rotatable bonds is 5. The molecule has 4 aliphatic rings. The largest absolute Gasteiger partial charge is 0.497 e. The molecular weight excluding hydrogens is 448 g/mol. The smallest absolute Gasteiger partial charge is 0.316 e. The summed E-state index contributed by atoms with van der Waals surface area (Å²) in [5.74, 6) is -0.0853. The Morgan fingerprint density at radius 3 is 2.00 bits per heavy atom. The van der Waals surface area contributed by atoms with Crippen LogP contribution in [0.25, 0.3) is 0 Å². The highest BCUT2D eigenvalue weighted by molar-refractivity contribution is 6.22. The zero-order chi connectivity index (χ0) is 24.3. The summed E-state index contributed by atoms with van der Waals surface area (Å²) in [7, 11) is 1.57. The number of ether oxygens (including phenoxy) is 2. The quantitative estimate of drug-likeness (QED) is 0.375. The summed E-state index contributed by atoms with van der Waals surface area (Å²) < 4.78 is 10.7. The van der Waals surface area contributed by atoms with E-state index in [0.29, 0.717) is 34.7 Å². The molecule has 4 fully saturated rings. The molecule has 2 aliphatic carbocycles. The Labute approximate surface area is 202 Å². The van der Waals surface area contributed by atoms with Crippen LogP contribution in [0.4, 0.5) is 11.4 Å². The summed E-state index contributed by atoms with van der Waals surface area (Å²) >= 11 is 0. The molecule has 0 spiro atoms. The maximum absolute atomic E-state index is 13.0. The molecule has 0 N–H and O–H groups in total. The van der Waals surface area contributed by atoms with Gasteiger partial charge in [-0.2, -0.15) is 0 Å². The predicted octanol–water partition coefficient (Wildman–Crippen LogP) is 3.19. The molecule has 2 aromatic carbocycles. The minimum Gasteiger partial charge on any atom is -0.497 e. The van der Waals surface area contributed by atoms with E-state index in [1.807, 2.05) is 0 Å². The Balaban J connectivity index is 1.11. The number of benzene rings is 2. The molecule has 8 nitrogen and oxygen atoms in total. The van der Waals surface area contributed by atoms with Crippen LogP contribution in [0.1, 0.15) is 25.7 Å². The molecule has 2 bridgehead atoms. The molecule has 2 aromatic rings. The van der Waals surface area contributed by atoms with Gasteiger partial charge in [0.2, 0.25) is 17.7 Å². The third-order valence-corrected chi connectivity index (χ3v) is 8.08. The second-order valence-electron chi connectivity index (χ2n) is 9.92. The summed E-state index contributed by atoms with van der Waals surface area (Å²) in [6, 6.07) is 13.6. The van der Waals surface area contributed by atoms with Crippen LogP contribution in [-0.4, -0.2) is 37.3 Å². The van der Waals surface area contributed by atoms with Gasteiger partial charge in [0, 0.05) is 18.7 Å². The van der Waals surface area contributed by atoms with Crippen molar-refractivity contribution < 1.29 is 28.7 Å². The van der Waals surface area contributed by atoms with E-state index in [2.05, 4.69) is 0 Å². The highest BCUT2D eigenvalue weighted by atomic mass is 16.5. The van der Waals surface area contributed by atoms with Gasteiger partial charge in [0.05, 0.1) is 30.6 Å². The Kier molecular flexibility index (Phi) is 5.12. The van der Waals surface area contributed by atoms with Crippen molar-refractivity contribution in [2.45, 2.75) is 25.7 Å². The Hall–Kier alpha value is -3.68. The van der Waals surface area contributed by atoms with E-state index >= 15 is 0 Å². The number of amides is 3. The van der Waals surface area contributed by atoms with Crippen molar-refractivity contribution in [1.82, 2.24) is 0 Å². The van der Waals surface area contributed by atoms with E-state index < -0.39 is 11.9 Å². The second kappa shape index (κ2) is 8.22. The minimum absolute atomic E-state index is 0.0742. The summed E-state index contributed by atoms with van der Waals surface area (Å²) in [5, 5.41) is 0. The number of hydrogen-bond donors (Lipinski definition) is 0. The van der Waals surface area contributed by atoms with Crippen LogP contribution in [0.15, 0.2) is 48.5 Å². The molecule has 2 heterocycles. The van der Waals surface area contributed by atoms with E-state index in [9.17, 15) is 19.2 Å². The van der Waals surface area contributed by atoms with Crippen LogP contribution in [0.5, 0.6) is 11.5 Å². The van der Waals surface area contributed by atoms with E-state index in [4.69, 9.17) is 9.47 Å². The number of hydrogen-bond acceptors (Lipinski definition) is 6. The van der Waals surface area contributed by atoms with Crippen molar-refractivity contribution in [1.29, 1.82) is 0 Å². The third kappa shape index (κ3) is 3.50. The van der Waals surface area contributed by atoms with Crippen molar-refractivity contribution in [2.75, 3.05) is 23.5 Å². The van der Waals surface area contributed by atoms with Gasteiger partial charge in [0.25, 0.3) is 0 Å². The molecule has 2 aliphatic heterocycles. The zero-order valence-corrected chi connectivity index (χ0v) is 19.4. The monoisotopic (exact) mass is 474 g/mol. The molecule has 35 heavy (non-hydrogen) atoms. The van der Waals surface area contributed by atoms with Gasteiger partial charge in [0.15, 0.2) is 0 Å². The Bertz CT molecular complexity index is 1180. The lowest BCUT2D eigenvalue weighted by atomic mass is 9.81. The molecule has 0 aromatic heterocycles. The number of methoxy groups -OCH3 is 1. The zero-order valence-electron chi connectivity index (χ0n) is 19.4. The average molecular weight is 475 g/mol. The fourth-order valence-corrected chi connectivity index (χ4v) is 6.40. The fraction of sp³-hybridized carbons (Fsp3) is 0.407. The first-order chi connectivity index (χ1) is 16.9. The van der Waals surface area contributed by atoms with Crippen LogP contribution in [0.2, 0.25) is 0 Å². The van der Waals surface area contributed by atoms with Gasteiger partial charge in [-0.3, -0.25) is 24.1 Å². The van der Waals surface area contributed by atoms with Gasteiger partial charge in [-0.1, -0.05) is 0 Å². The molecular formula is C27H26N2O6. The molecule has 3 amide bonds. The lowest BCUT2D eigenvalue weighted by molar-refractivity contribution is -0.139. The van der Waals surface area contributed by atoms with Crippen molar-refractivity contribution >= 4 is 35.1 Å². The molecule has 0 radical (unpaired) electrons. The number of esters is 1. The SMILES string of the molecule is COc1ccc(N2C[C@H](C(=O)Oc3ccc(N4C(=O)[C@@H]5[C@H]6CC[C@@H](C6)[C@H]5C4=O)cc3)CC2=O)cc1. The molecule has 2 saturated heterocycles. The normalized spacial score (nSPS) is 29.2. The van der Waals surface area contributed by atoms with Crippen molar-refractivity contribution in [3.63, 3.8) is 0 Å². The Morgan fingerprint density at radius 1 is 0.829 bits per heavy atom. The summed E-state index contributed by atoms with van der Waals surface area (Å²) in [4.78, 5) is 54.2. The molecule has 8 heteroatoms. The van der Waals surface area contributed by atoms with Crippen LogP contribution < -0.4 is 19.3 Å². The van der Waals surface area contributed by atoms with E-state index in [1.165, 1.54) is 4.90 Å². The van der Waals surface area contributed by atoms with Gasteiger partial charge in [-0.25, -0.2) is 0 Å². The standard InChI is InChI=1S/C27H26N2O6/c1-34-20-8-4-18(5-9-20)28-14-17(13-22(28)30)27(33)35-21-10-6-19(7-11-21)29-25(31)23-15-2-3-16(12-15)24(23)26(29)32/h4-11,15-17,23-24H,2-3,12-14H2,1H3/t15-,16-,17+,23+,24+/m0/s1. The van der Waals surface area contributed by atoms with Crippen LogP contribution in [0, 0.1) is 29.6 Å². The van der Waals surface area contributed by atoms with Gasteiger partial charge in [0.1, 0.15) is 11.5 Å². The van der Waals surface area contributed by atoms with E-state index in [-0.39, 0.29) is 42.5 Å². The first kappa shape index (κ1) is 21.8. The second-order valence-corrected chi connectivity index (χ2v) is 9.92. The first-order valence-electron chi connectivity index (χ1n) is 12.1. The molecule has 6 rings (SSSR count). The van der Waals surface area contributed by atoms with Gasteiger partial charge in [-0.15, -0.1) is 0 Å². The molecule has 2 saturated carbocycles. The van der Waals surface area contributed by atoms with Gasteiger partial charge in [-0.05, 0) is 79.6 Å². The van der Waals surface area contributed by atoms with Crippen molar-refractivity contribution in [3.05, 3.63) is 48.5 Å². The number of fused-ring (bicyclic) bond motifs is 5. The number of carbonyl (C=O) groups is 4. The minimum atomic E-state index is -0.583. The topological polar surface area (TPSA) is 93.2 Å². The average Bonchev–Trinajstić information content (AvgIpc) is 3.63. The summed E-state index contributed by atoms with van der Waals surface area (Å²) in [6.07, 6.45) is 3.14. The molecule has 5 atom stereocenters. The van der Waals surface area contributed by atoms with Crippen LogP contribution >= 0.6 is 0 Å². The lowest BCUT2D eigenvalue weighted by Gasteiger charge is -2.19. The number of anilines is 2. The number of nitrogens with zero attached hydrogens (tertiary/aromatic N) is 2. The van der Waals surface area contributed by atoms with Gasteiger partial charge >= 0.3 is 5.97 Å². The lowest BCUT2D eigenvalue weighted by Crippen LogP contribution is -2.32. The fourth-order valence-electron chi connectivity index (χ4n) is 6.40. The number of carbonyl (C=O) groups excluding carboxylic acids is 4. The summed E-state index contributed by atoms with van der Waals surface area (Å²) in [6.45, 7) is 0.240. The van der Waals surface area contributed by atoms with E-state index in [1.54, 1.807) is 60.5 Å². The summed E-state index contributed by atoms with van der Waals surface area (Å²) in [5.41, 5.74) is 1.21. The molecule has 180 valence electrons. The maximum atomic E-state index is 13.0. The highest BCUT2D eigenvalue weighted by Crippen LogP contribution is 2.56. The van der Waals surface area contributed by atoms with Crippen LogP contribution in [-0.2, 0) is 19.2 Å². The molecule has 0 unspecified atom stereocenters. The van der Waals surface area contributed by atoms with Crippen LogP contribution in [0.3, 0.4) is 0 Å². The number of imide groups is 1. The Morgan fingerprint density at radius 2 is 1.40 bits per heavy atom. The first-order valence-corrected chi connectivity index (χ1v) is 12.1. The van der Waals surface area contributed by atoms with Crippen molar-refractivity contribution in [2.24, 2.45) is 29.6 Å². The van der Waals surface area contributed by atoms with E-state index in [0.717, 1.165) is 19.3 Å². The maximum Gasteiger partial charge on any atom is 0.316 e. The van der Waals surface area contributed by atoms with Gasteiger partial charge < -0.3 is 14.4 Å². The van der Waals surface area contributed by atoms with Crippen molar-refractivity contribution in [3.8, 4) is 11.5 Å². The highest BCUT2D eigenvalue weighted by Gasteiger charge is 2.61.